The number of hydrogen-bond acceptors (Lipinski definition) is 5. The molecule has 1 heterocycles. The summed E-state index contributed by atoms with van der Waals surface area (Å²) in [7, 11) is 0. The number of ether oxygens (including phenoxy) is 1. The van der Waals surface area contributed by atoms with Gasteiger partial charge in [0.25, 0.3) is 0 Å². The molecule has 0 unspecified atom stereocenters. The van der Waals surface area contributed by atoms with Crippen LogP contribution in [-0.2, 0) is 0 Å². The van der Waals surface area contributed by atoms with E-state index in [2.05, 4.69) is 15.4 Å². The van der Waals surface area contributed by atoms with E-state index in [4.69, 9.17) is 22.2 Å². The van der Waals surface area contributed by atoms with Crippen molar-refractivity contribution in [2.24, 2.45) is 5.84 Å². The van der Waals surface area contributed by atoms with Crippen molar-refractivity contribution in [3.8, 4) is 11.6 Å². The molecule has 0 atom stereocenters. The van der Waals surface area contributed by atoms with E-state index >= 15 is 0 Å². The smallest absolute Gasteiger partial charge is 0.239 e. The standard InChI is InChI=1S/C10H9ClN4O/c11-7-1-3-8(4-2-7)16-10-6-13-5-9(14-10)15-12/h1-6H,12H2,(H,14,15). The van der Waals surface area contributed by atoms with Crippen LogP contribution in [0.1, 0.15) is 0 Å². The number of nitrogens with zero attached hydrogens (tertiary/aromatic N) is 2. The van der Waals surface area contributed by atoms with E-state index in [1.165, 1.54) is 12.4 Å². The maximum Gasteiger partial charge on any atom is 0.239 e. The molecule has 0 bridgehead atoms. The number of rotatable bonds is 3. The maximum absolute atomic E-state index is 5.75. The first-order valence-corrected chi connectivity index (χ1v) is 4.88. The van der Waals surface area contributed by atoms with Crippen molar-refractivity contribution in [2.75, 3.05) is 5.43 Å². The van der Waals surface area contributed by atoms with Crippen molar-refractivity contribution in [3.05, 3.63) is 41.7 Å². The molecule has 0 spiro atoms. The van der Waals surface area contributed by atoms with Gasteiger partial charge in [-0.1, -0.05) is 11.6 Å². The van der Waals surface area contributed by atoms with Gasteiger partial charge in [0.15, 0.2) is 5.82 Å². The fourth-order valence-electron chi connectivity index (χ4n) is 1.09. The number of anilines is 1. The molecule has 0 saturated heterocycles. The highest BCUT2D eigenvalue weighted by Gasteiger charge is 2.00. The molecule has 0 radical (unpaired) electrons. The van der Waals surface area contributed by atoms with Crippen molar-refractivity contribution < 1.29 is 4.74 Å². The first-order chi connectivity index (χ1) is 7.78. The average molecular weight is 237 g/mol. The number of nitrogens with two attached hydrogens (primary N) is 1. The molecular weight excluding hydrogens is 228 g/mol. The highest BCUT2D eigenvalue weighted by molar-refractivity contribution is 6.30. The summed E-state index contributed by atoms with van der Waals surface area (Å²) >= 11 is 5.75. The Labute approximate surface area is 97.2 Å². The average Bonchev–Trinajstić information content (AvgIpc) is 2.32. The van der Waals surface area contributed by atoms with Crippen LogP contribution in [0.2, 0.25) is 5.02 Å². The molecule has 2 aromatic rings. The van der Waals surface area contributed by atoms with Crippen LogP contribution >= 0.6 is 11.6 Å². The van der Waals surface area contributed by atoms with Gasteiger partial charge >= 0.3 is 0 Å². The molecule has 0 amide bonds. The molecular formula is C10H9ClN4O. The molecule has 5 nitrogen and oxygen atoms in total. The fraction of sp³-hybridized carbons (Fsp3) is 0. The van der Waals surface area contributed by atoms with Gasteiger partial charge in [-0.25, -0.2) is 5.84 Å². The predicted molar refractivity (Wildman–Crippen MR) is 61.4 cm³/mol. The summed E-state index contributed by atoms with van der Waals surface area (Å²) in [4.78, 5) is 7.97. The maximum atomic E-state index is 5.75. The van der Waals surface area contributed by atoms with Crippen LogP contribution in [-0.4, -0.2) is 9.97 Å². The zero-order chi connectivity index (χ0) is 11.4. The first kappa shape index (κ1) is 10.7. The van der Waals surface area contributed by atoms with Gasteiger partial charge in [0.05, 0.1) is 12.4 Å². The Morgan fingerprint density at radius 2 is 1.94 bits per heavy atom. The van der Waals surface area contributed by atoms with Crippen LogP contribution < -0.4 is 16.0 Å². The Hall–Kier alpha value is -1.85. The molecule has 0 fully saturated rings. The van der Waals surface area contributed by atoms with Crippen LogP contribution in [0.4, 0.5) is 5.82 Å². The minimum Gasteiger partial charge on any atom is -0.437 e. The summed E-state index contributed by atoms with van der Waals surface area (Å²) in [5.74, 6) is 6.63. The third-order valence-electron chi connectivity index (χ3n) is 1.80. The molecule has 3 N–H and O–H groups in total. The van der Waals surface area contributed by atoms with Crippen molar-refractivity contribution >= 4 is 17.4 Å². The predicted octanol–water partition coefficient (Wildman–Crippen LogP) is 2.21. The van der Waals surface area contributed by atoms with E-state index in [1.54, 1.807) is 24.3 Å². The van der Waals surface area contributed by atoms with Gasteiger partial charge in [0.1, 0.15) is 5.75 Å². The SMILES string of the molecule is NNc1cncc(Oc2ccc(Cl)cc2)n1. The third-order valence-corrected chi connectivity index (χ3v) is 2.05. The summed E-state index contributed by atoms with van der Waals surface area (Å²) in [6.45, 7) is 0. The number of benzene rings is 1. The first-order valence-electron chi connectivity index (χ1n) is 4.50. The van der Waals surface area contributed by atoms with Gasteiger partial charge in [0.2, 0.25) is 5.88 Å². The number of aromatic nitrogens is 2. The topological polar surface area (TPSA) is 73.1 Å². The molecule has 16 heavy (non-hydrogen) atoms. The highest BCUT2D eigenvalue weighted by Crippen LogP contribution is 2.21. The van der Waals surface area contributed by atoms with E-state index in [1.807, 2.05) is 0 Å². The Kier molecular flexibility index (Phi) is 3.19. The number of nitrogen functional groups attached to an aromatic ring is 1. The summed E-state index contributed by atoms with van der Waals surface area (Å²) < 4.78 is 5.45. The molecule has 0 aliphatic heterocycles. The van der Waals surface area contributed by atoms with Gasteiger partial charge in [-0.15, -0.1) is 0 Å². The van der Waals surface area contributed by atoms with Crippen LogP contribution in [0.5, 0.6) is 11.6 Å². The van der Waals surface area contributed by atoms with E-state index in [9.17, 15) is 0 Å². The number of hydrazine groups is 1. The second-order valence-corrected chi connectivity index (χ2v) is 3.38. The lowest BCUT2D eigenvalue weighted by Crippen LogP contribution is -2.08. The number of hydrogen-bond donors (Lipinski definition) is 2. The van der Waals surface area contributed by atoms with Gasteiger partial charge in [0, 0.05) is 5.02 Å². The van der Waals surface area contributed by atoms with Crippen LogP contribution in [0.25, 0.3) is 0 Å². The quantitative estimate of drug-likeness (QED) is 0.631. The highest BCUT2D eigenvalue weighted by atomic mass is 35.5. The Morgan fingerprint density at radius 1 is 1.19 bits per heavy atom. The molecule has 0 saturated carbocycles. The zero-order valence-corrected chi connectivity index (χ0v) is 8.98. The van der Waals surface area contributed by atoms with Crippen LogP contribution in [0.15, 0.2) is 36.7 Å². The van der Waals surface area contributed by atoms with Crippen molar-refractivity contribution in [2.45, 2.75) is 0 Å². The summed E-state index contributed by atoms with van der Waals surface area (Å²) in [6.07, 6.45) is 2.99. The molecule has 1 aromatic carbocycles. The van der Waals surface area contributed by atoms with Crippen LogP contribution in [0.3, 0.4) is 0 Å². The zero-order valence-electron chi connectivity index (χ0n) is 8.22. The minimum absolute atomic E-state index is 0.359. The van der Waals surface area contributed by atoms with Crippen LogP contribution in [0, 0.1) is 0 Å². The second-order valence-electron chi connectivity index (χ2n) is 2.94. The van der Waals surface area contributed by atoms with Crippen molar-refractivity contribution in [3.63, 3.8) is 0 Å². The number of halogens is 1. The van der Waals surface area contributed by atoms with E-state index in [-0.39, 0.29) is 0 Å². The molecule has 2 rings (SSSR count). The molecule has 0 aliphatic rings. The van der Waals surface area contributed by atoms with E-state index in [0.717, 1.165) is 0 Å². The summed E-state index contributed by atoms with van der Waals surface area (Å²) in [6, 6.07) is 6.95. The van der Waals surface area contributed by atoms with Gasteiger partial charge in [-0.3, -0.25) is 4.98 Å². The molecule has 1 aromatic heterocycles. The van der Waals surface area contributed by atoms with Crippen molar-refractivity contribution in [1.82, 2.24) is 9.97 Å². The summed E-state index contributed by atoms with van der Waals surface area (Å²) in [5.41, 5.74) is 2.39. The second kappa shape index (κ2) is 4.78. The molecule has 82 valence electrons. The van der Waals surface area contributed by atoms with E-state index in [0.29, 0.717) is 22.5 Å². The van der Waals surface area contributed by atoms with Crippen molar-refractivity contribution in [1.29, 1.82) is 0 Å². The minimum atomic E-state index is 0.359. The lowest BCUT2D eigenvalue weighted by molar-refractivity contribution is 0.461. The fourth-order valence-corrected chi connectivity index (χ4v) is 1.22. The molecule has 6 heteroatoms. The Bertz CT molecular complexity index is 475. The lowest BCUT2D eigenvalue weighted by Gasteiger charge is -2.05. The summed E-state index contributed by atoms with van der Waals surface area (Å²) in [5, 5.41) is 0.649. The number of nitrogens with one attached hydrogen (secondary N) is 1. The lowest BCUT2D eigenvalue weighted by atomic mass is 10.3. The van der Waals surface area contributed by atoms with Gasteiger partial charge < -0.3 is 10.2 Å². The normalized spacial score (nSPS) is 9.88. The Balaban J connectivity index is 2.16. The Morgan fingerprint density at radius 3 is 2.62 bits per heavy atom. The molecule has 0 aliphatic carbocycles. The monoisotopic (exact) mass is 236 g/mol. The van der Waals surface area contributed by atoms with Gasteiger partial charge in [-0.05, 0) is 24.3 Å². The largest absolute Gasteiger partial charge is 0.437 e. The van der Waals surface area contributed by atoms with Gasteiger partial charge in [-0.2, -0.15) is 4.98 Å². The third kappa shape index (κ3) is 2.59. The van der Waals surface area contributed by atoms with E-state index < -0.39 is 0 Å².